The average molecular weight is 417 g/mol. The number of rotatable bonds is 6. The molecule has 1 unspecified atom stereocenters. The molecular weight excluding hydrogens is 388 g/mol. The quantitative estimate of drug-likeness (QED) is 0.554. The Kier molecular flexibility index (Phi) is 6.64. The zero-order chi connectivity index (χ0) is 20.9. The number of guanidine groups is 1. The molecule has 2 aromatic carbocycles. The fraction of sp³-hybridized carbons (Fsp3) is 0.381. The lowest BCUT2D eigenvalue weighted by Gasteiger charge is -2.22. The number of aliphatic imine (C=N–C) groups is 1. The molecule has 0 saturated carbocycles. The molecule has 0 bridgehead atoms. The minimum Gasteiger partial charge on any atom is -0.495 e. The Labute approximate surface area is 172 Å². The van der Waals surface area contributed by atoms with Crippen LogP contribution in [0.1, 0.15) is 12.0 Å². The number of nitrogens with one attached hydrogen (secondary N) is 2. The zero-order valence-corrected chi connectivity index (χ0v) is 17.9. The predicted octanol–water partition coefficient (Wildman–Crippen LogP) is 2.04. The molecule has 0 radical (unpaired) electrons. The highest BCUT2D eigenvalue weighted by molar-refractivity contribution is 7.90. The second-order valence-electron chi connectivity index (χ2n) is 7.09. The van der Waals surface area contributed by atoms with Crippen molar-refractivity contribution in [3.8, 4) is 5.75 Å². The van der Waals surface area contributed by atoms with E-state index in [-0.39, 0.29) is 6.04 Å². The maximum absolute atomic E-state index is 11.6. The van der Waals surface area contributed by atoms with Crippen LogP contribution < -0.4 is 20.3 Å². The van der Waals surface area contributed by atoms with Gasteiger partial charge in [0.2, 0.25) is 0 Å². The smallest absolute Gasteiger partial charge is 0.191 e. The molecular formula is C21H28N4O3S. The molecule has 1 heterocycles. The van der Waals surface area contributed by atoms with Gasteiger partial charge < -0.3 is 20.3 Å². The van der Waals surface area contributed by atoms with Gasteiger partial charge in [-0.1, -0.05) is 24.3 Å². The van der Waals surface area contributed by atoms with Crippen LogP contribution in [0, 0.1) is 0 Å². The molecule has 1 aliphatic rings. The Hall–Kier alpha value is -2.74. The molecule has 3 rings (SSSR count). The van der Waals surface area contributed by atoms with Crippen molar-refractivity contribution in [3.05, 3.63) is 54.1 Å². The van der Waals surface area contributed by atoms with Gasteiger partial charge in [-0.15, -0.1) is 0 Å². The third-order valence-electron chi connectivity index (χ3n) is 4.99. The van der Waals surface area contributed by atoms with E-state index in [4.69, 9.17) is 4.74 Å². The highest BCUT2D eigenvalue weighted by atomic mass is 32.2. The maximum Gasteiger partial charge on any atom is 0.191 e. The minimum atomic E-state index is -3.17. The van der Waals surface area contributed by atoms with Crippen molar-refractivity contribution in [1.82, 2.24) is 10.6 Å². The van der Waals surface area contributed by atoms with Crippen molar-refractivity contribution in [1.29, 1.82) is 0 Å². The van der Waals surface area contributed by atoms with E-state index in [1.165, 1.54) is 6.26 Å². The van der Waals surface area contributed by atoms with Gasteiger partial charge in [0.25, 0.3) is 0 Å². The summed E-state index contributed by atoms with van der Waals surface area (Å²) < 4.78 is 28.6. The number of methoxy groups -OCH3 is 1. The fourth-order valence-corrected chi connectivity index (χ4v) is 4.05. The summed E-state index contributed by atoms with van der Waals surface area (Å²) in [4.78, 5) is 6.95. The molecule has 1 fully saturated rings. The molecule has 1 atom stereocenters. The van der Waals surface area contributed by atoms with Crippen LogP contribution in [0.15, 0.2) is 58.4 Å². The lowest BCUT2D eigenvalue weighted by atomic mass is 10.2. The van der Waals surface area contributed by atoms with Crippen LogP contribution in [0.2, 0.25) is 0 Å². The Balaban J connectivity index is 1.54. The van der Waals surface area contributed by atoms with Gasteiger partial charge in [-0.05, 0) is 36.2 Å². The number of anilines is 1. The second-order valence-corrected chi connectivity index (χ2v) is 9.11. The summed E-state index contributed by atoms with van der Waals surface area (Å²) in [7, 11) is 0.264. The molecule has 29 heavy (non-hydrogen) atoms. The Bertz CT molecular complexity index is 958. The molecule has 1 saturated heterocycles. The van der Waals surface area contributed by atoms with Crippen LogP contribution >= 0.6 is 0 Å². The number of benzene rings is 2. The molecule has 0 aliphatic carbocycles. The van der Waals surface area contributed by atoms with Gasteiger partial charge in [0.15, 0.2) is 15.8 Å². The predicted molar refractivity (Wildman–Crippen MR) is 116 cm³/mol. The zero-order valence-electron chi connectivity index (χ0n) is 17.1. The third kappa shape index (κ3) is 5.41. The minimum absolute atomic E-state index is 0.277. The lowest BCUT2D eigenvalue weighted by molar-refractivity contribution is 0.415. The normalized spacial score (nSPS) is 17.3. The number of ether oxygens (including phenoxy) is 1. The number of nitrogens with zero attached hydrogens (tertiary/aromatic N) is 2. The highest BCUT2D eigenvalue weighted by Crippen LogP contribution is 2.30. The standard InChI is InChI=1S/C21H28N4O3S/c1-22-21(23-14-16-8-10-18(11-9-16)29(3,26)27)24-17-12-13-25(15-17)19-6-4-5-7-20(19)28-2/h4-11,17H,12-15H2,1-3H3,(H2,22,23,24). The summed E-state index contributed by atoms with van der Waals surface area (Å²) in [5.74, 6) is 1.61. The molecule has 2 N–H and O–H groups in total. The highest BCUT2D eigenvalue weighted by Gasteiger charge is 2.25. The fourth-order valence-electron chi connectivity index (χ4n) is 3.42. The third-order valence-corrected chi connectivity index (χ3v) is 6.12. The van der Waals surface area contributed by atoms with E-state index in [0.717, 1.165) is 42.5 Å². The first-order chi connectivity index (χ1) is 13.9. The Morgan fingerprint density at radius 1 is 1.21 bits per heavy atom. The van der Waals surface area contributed by atoms with Gasteiger partial charge in [0.1, 0.15) is 5.75 Å². The number of hydrogen-bond acceptors (Lipinski definition) is 5. The molecule has 2 aromatic rings. The summed E-state index contributed by atoms with van der Waals surface area (Å²) in [5, 5.41) is 6.76. The second kappa shape index (κ2) is 9.17. The summed E-state index contributed by atoms with van der Waals surface area (Å²) in [6.45, 7) is 2.37. The van der Waals surface area contributed by atoms with E-state index >= 15 is 0 Å². The summed E-state index contributed by atoms with van der Waals surface area (Å²) in [5.41, 5.74) is 2.09. The molecule has 156 valence electrons. The van der Waals surface area contributed by atoms with E-state index in [2.05, 4.69) is 26.6 Å². The summed E-state index contributed by atoms with van der Waals surface area (Å²) in [6.07, 6.45) is 2.21. The molecule has 7 nitrogen and oxygen atoms in total. The Morgan fingerprint density at radius 3 is 2.59 bits per heavy atom. The van der Waals surface area contributed by atoms with Gasteiger partial charge in [-0.25, -0.2) is 8.42 Å². The van der Waals surface area contributed by atoms with Crippen molar-refractivity contribution in [2.45, 2.75) is 23.9 Å². The molecule has 8 heteroatoms. The Morgan fingerprint density at radius 2 is 1.93 bits per heavy atom. The largest absolute Gasteiger partial charge is 0.495 e. The van der Waals surface area contributed by atoms with Crippen LogP contribution in [-0.4, -0.2) is 53.9 Å². The van der Waals surface area contributed by atoms with Crippen LogP contribution in [-0.2, 0) is 16.4 Å². The van der Waals surface area contributed by atoms with Gasteiger partial charge in [-0.3, -0.25) is 4.99 Å². The first kappa shape index (κ1) is 21.0. The van der Waals surface area contributed by atoms with Gasteiger partial charge >= 0.3 is 0 Å². The maximum atomic E-state index is 11.6. The monoisotopic (exact) mass is 416 g/mol. The van der Waals surface area contributed by atoms with Crippen molar-refractivity contribution in [2.75, 3.05) is 38.4 Å². The molecule has 1 aliphatic heterocycles. The van der Waals surface area contributed by atoms with E-state index in [1.807, 2.05) is 30.3 Å². The van der Waals surface area contributed by atoms with E-state index in [1.54, 1.807) is 26.3 Å². The van der Waals surface area contributed by atoms with E-state index in [0.29, 0.717) is 11.4 Å². The first-order valence-electron chi connectivity index (χ1n) is 9.55. The van der Waals surface area contributed by atoms with Crippen LogP contribution in [0.3, 0.4) is 0 Å². The molecule has 0 aromatic heterocycles. The van der Waals surface area contributed by atoms with Crippen molar-refractivity contribution in [2.24, 2.45) is 4.99 Å². The molecule has 0 amide bonds. The van der Waals surface area contributed by atoms with Crippen molar-refractivity contribution < 1.29 is 13.2 Å². The topological polar surface area (TPSA) is 83.0 Å². The van der Waals surface area contributed by atoms with E-state index < -0.39 is 9.84 Å². The number of sulfone groups is 1. The number of para-hydroxylation sites is 2. The van der Waals surface area contributed by atoms with Crippen molar-refractivity contribution >= 4 is 21.5 Å². The van der Waals surface area contributed by atoms with Crippen LogP contribution in [0.4, 0.5) is 5.69 Å². The summed E-state index contributed by atoms with van der Waals surface area (Å²) >= 11 is 0. The first-order valence-corrected chi connectivity index (χ1v) is 11.4. The van der Waals surface area contributed by atoms with Crippen LogP contribution in [0.25, 0.3) is 0 Å². The van der Waals surface area contributed by atoms with E-state index in [9.17, 15) is 8.42 Å². The van der Waals surface area contributed by atoms with Gasteiger partial charge in [0.05, 0.1) is 17.7 Å². The molecule has 0 spiro atoms. The van der Waals surface area contributed by atoms with Crippen molar-refractivity contribution in [3.63, 3.8) is 0 Å². The summed E-state index contributed by atoms with van der Waals surface area (Å²) in [6, 6.07) is 15.2. The van der Waals surface area contributed by atoms with Gasteiger partial charge in [-0.2, -0.15) is 0 Å². The lowest BCUT2D eigenvalue weighted by Crippen LogP contribution is -2.44. The van der Waals surface area contributed by atoms with Crippen LogP contribution in [0.5, 0.6) is 5.75 Å². The SMILES string of the molecule is CN=C(NCc1ccc(S(C)(=O)=O)cc1)NC1CCN(c2ccccc2OC)C1. The average Bonchev–Trinajstić information content (AvgIpc) is 3.19. The number of hydrogen-bond donors (Lipinski definition) is 2. The van der Waals surface area contributed by atoms with Gasteiger partial charge in [0, 0.05) is 39.0 Å².